The summed E-state index contributed by atoms with van der Waals surface area (Å²) in [5.74, 6) is -0.00277. The topological polar surface area (TPSA) is 100 Å². The summed E-state index contributed by atoms with van der Waals surface area (Å²) in [4.78, 5) is 23.4. The van der Waals surface area contributed by atoms with Gasteiger partial charge in [0.05, 0.1) is 19.4 Å². The molecule has 0 aliphatic heterocycles. The van der Waals surface area contributed by atoms with Gasteiger partial charge in [-0.1, -0.05) is 13.3 Å². The summed E-state index contributed by atoms with van der Waals surface area (Å²) in [6, 6.07) is 5.20. The third kappa shape index (κ3) is 4.48. The number of rotatable bonds is 7. The van der Waals surface area contributed by atoms with Crippen LogP contribution in [0, 0.1) is 0 Å². The molecule has 2 amide bonds. The van der Waals surface area contributed by atoms with Crippen LogP contribution < -0.4 is 10.6 Å². The van der Waals surface area contributed by atoms with Gasteiger partial charge in [-0.25, -0.2) is 0 Å². The molecule has 0 atom stereocenters. The fourth-order valence-electron chi connectivity index (χ4n) is 1.79. The second-order valence-electron chi connectivity index (χ2n) is 4.57. The first-order valence-electron chi connectivity index (χ1n) is 6.80. The van der Waals surface area contributed by atoms with Crippen LogP contribution in [0.5, 0.6) is 0 Å². The van der Waals surface area contributed by atoms with Gasteiger partial charge in [-0.3, -0.25) is 14.7 Å². The fraction of sp³-hybridized carbons (Fsp3) is 0.357. The third-order valence-corrected chi connectivity index (χ3v) is 2.83. The summed E-state index contributed by atoms with van der Waals surface area (Å²) in [6.07, 6.45) is 3.34. The molecule has 0 unspecified atom stereocenters. The van der Waals surface area contributed by atoms with Crippen LogP contribution in [0.3, 0.4) is 0 Å². The highest BCUT2D eigenvalue weighted by molar-refractivity contribution is 5.94. The van der Waals surface area contributed by atoms with Crippen molar-refractivity contribution in [3.8, 4) is 0 Å². The highest BCUT2D eigenvalue weighted by Gasteiger charge is 2.11. The van der Waals surface area contributed by atoms with Gasteiger partial charge in [0.1, 0.15) is 11.5 Å². The molecular formula is C14H18N4O3. The first-order valence-corrected chi connectivity index (χ1v) is 6.80. The predicted molar refractivity (Wildman–Crippen MR) is 75.5 cm³/mol. The van der Waals surface area contributed by atoms with Crippen LogP contribution in [-0.4, -0.2) is 28.6 Å². The number of aromatic amines is 1. The zero-order valence-corrected chi connectivity index (χ0v) is 11.8. The Morgan fingerprint density at radius 2 is 2.24 bits per heavy atom. The predicted octanol–water partition coefficient (Wildman–Crippen LogP) is 1.00. The fourth-order valence-corrected chi connectivity index (χ4v) is 1.79. The Kier molecular flexibility index (Phi) is 5.14. The summed E-state index contributed by atoms with van der Waals surface area (Å²) < 4.78 is 5.09. The van der Waals surface area contributed by atoms with Crippen molar-refractivity contribution in [3.05, 3.63) is 41.6 Å². The van der Waals surface area contributed by atoms with Gasteiger partial charge in [0.15, 0.2) is 0 Å². The van der Waals surface area contributed by atoms with E-state index in [1.54, 1.807) is 18.2 Å². The van der Waals surface area contributed by atoms with Gasteiger partial charge < -0.3 is 15.1 Å². The van der Waals surface area contributed by atoms with Crippen LogP contribution in [-0.2, 0) is 17.8 Å². The number of H-pyrrole nitrogens is 1. The van der Waals surface area contributed by atoms with Crippen molar-refractivity contribution in [2.45, 2.75) is 26.3 Å². The van der Waals surface area contributed by atoms with E-state index in [0.29, 0.717) is 12.3 Å². The molecule has 0 bridgehead atoms. The molecule has 21 heavy (non-hydrogen) atoms. The number of carbonyl (C=O) groups excluding carboxylic acids is 2. The van der Waals surface area contributed by atoms with Crippen LogP contribution in [0.15, 0.2) is 28.9 Å². The van der Waals surface area contributed by atoms with Gasteiger partial charge >= 0.3 is 0 Å². The number of amides is 2. The van der Waals surface area contributed by atoms with E-state index in [-0.39, 0.29) is 24.1 Å². The van der Waals surface area contributed by atoms with E-state index in [2.05, 4.69) is 20.8 Å². The zero-order valence-electron chi connectivity index (χ0n) is 11.8. The van der Waals surface area contributed by atoms with Crippen LogP contribution in [0.2, 0.25) is 0 Å². The Morgan fingerprint density at radius 1 is 1.38 bits per heavy atom. The molecule has 7 heteroatoms. The average Bonchev–Trinajstić information content (AvgIpc) is 3.14. The largest absolute Gasteiger partial charge is 0.467 e. The van der Waals surface area contributed by atoms with E-state index in [0.717, 1.165) is 18.5 Å². The lowest BCUT2D eigenvalue weighted by Crippen LogP contribution is -2.36. The van der Waals surface area contributed by atoms with Gasteiger partial charge in [-0.05, 0) is 24.6 Å². The van der Waals surface area contributed by atoms with Crippen molar-refractivity contribution in [1.82, 2.24) is 20.8 Å². The van der Waals surface area contributed by atoms with Crippen molar-refractivity contribution in [1.29, 1.82) is 0 Å². The number of furan rings is 1. The van der Waals surface area contributed by atoms with Crippen molar-refractivity contribution in [2.75, 3.05) is 6.54 Å². The number of nitrogens with one attached hydrogen (secondary N) is 3. The number of aromatic nitrogens is 2. The second kappa shape index (κ2) is 7.28. The Labute approximate surface area is 122 Å². The monoisotopic (exact) mass is 290 g/mol. The lowest BCUT2D eigenvalue weighted by molar-refractivity contribution is -0.120. The van der Waals surface area contributed by atoms with E-state index >= 15 is 0 Å². The molecule has 0 radical (unpaired) electrons. The quantitative estimate of drug-likeness (QED) is 0.708. The molecule has 112 valence electrons. The SMILES string of the molecule is CCCc1cc(C(=O)NCC(=O)NCc2ccco2)n[nH]1. The van der Waals surface area contributed by atoms with Crippen molar-refractivity contribution in [3.63, 3.8) is 0 Å². The van der Waals surface area contributed by atoms with E-state index < -0.39 is 0 Å². The maximum Gasteiger partial charge on any atom is 0.272 e. The molecule has 2 aromatic heterocycles. The van der Waals surface area contributed by atoms with Crippen LogP contribution in [0.4, 0.5) is 0 Å². The van der Waals surface area contributed by atoms with Crippen molar-refractivity contribution < 1.29 is 14.0 Å². The molecule has 2 rings (SSSR count). The normalized spacial score (nSPS) is 10.3. The highest BCUT2D eigenvalue weighted by atomic mass is 16.3. The molecule has 0 saturated heterocycles. The molecule has 3 N–H and O–H groups in total. The molecule has 0 fully saturated rings. The van der Waals surface area contributed by atoms with E-state index in [4.69, 9.17) is 4.42 Å². The number of carbonyl (C=O) groups is 2. The number of hydrogen-bond donors (Lipinski definition) is 3. The van der Waals surface area contributed by atoms with Crippen LogP contribution >= 0.6 is 0 Å². The zero-order chi connectivity index (χ0) is 15.1. The first-order chi connectivity index (χ1) is 10.2. The molecule has 0 aromatic carbocycles. The molecule has 0 aliphatic carbocycles. The van der Waals surface area contributed by atoms with Gasteiger partial charge in [0.25, 0.3) is 5.91 Å². The summed E-state index contributed by atoms with van der Waals surface area (Å²) in [5.41, 5.74) is 1.20. The molecule has 2 heterocycles. The smallest absolute Gasteiger partial charge is 0.272 e. The second-order valence-corrected chi connectivity index (χ2v) is 4.57. The number of hydrogen-bond acceptors (Lipinski definition) is 4. The summed E-state index contributed by atoms with van der Waals surface area (Å²) >= 11 is 0. The number of aryl methyl sites for hydroxylation is 1. The van der Waals surface area contributed by atoms with E-state index in [1.165, 1.54) is 6.26 Å². The maximum atomic E-state index is 11.8. The van der Waals surface area contributed by atoms with Gasteiger partial charge in [0, 0.05) is 5.69 Å². The van der Waals surface area contributed by atoms with Gasteiger partial charge in [0.2, 0.25) is 5.91 Å². The summed E-state index contributed by atoms with van der Waals surface area (Å²) in [5, 5.41) is 11.9. The lowest BCUT2D eigenvalue weighted by Gasteiger charge is -2.04. The minimum atomic E-state index is -0.373. The molecule has 7 nitrogen and oxygen atoms in total. The Balaban J connectivity index is 1.73. The molecule has 2 aromatic rings. The van der Waals surface area contributed by atoms with Gasteiger partial charge in [-0.2, -0.15) is 5.10 Å². The number of nitrogens with zero attached hydrogens (tertiary/aromatic N) is 1. The lowest BCUT2D eigenvalue weighted by atomic mass is 10.2. The Morgan fingerprint density at radius 3 is 2.95 bits per heavy atom. The minimum absolute atomic E-state index is 0.102. The Bertz CT molecular complexity index is 589. The van der Waals surface area contributed by atoms with E-state index in [1.807, 2.05) is 6.92 Å². The Hall–Kier alpha value is -2.57. The van der Waals surface area contributed by atoms with Crippen molar-refractivity contribution >= 4 is 11.8 Å². The average molecular weight is 290 g/mol. The third-order valence-electron chi connectivity index (χ3n) is 2.83. The molecule has 0 saturated carbocycles. The molecule has 0 spiro atoms. The van der Waals surface area contributed by atoms with Gasteiger partial charge in [-0.15, -0.1) is 0 Å². The maximum absolute atomic E-state index is 11.8. The minimum Gasteiger partial charge on any atom is -0.467 e. The van der Waals surface area contributed by atoms with Crippen LogP contribution in [0.1, 0.15) is 35.3 Å². The summed E-state index contributed by atoms with van der Waals surface area (Å²) in [6.45, 7) is 2.24. The molecular weight excluding hydrogens is 272 g/mol. The molecule has 0 aliphatic rings. The standard InChI is InChI=1S/C14H18N4O3/c1-2-4-10-7-12(18-17-10)14(20)16-9-13(19)15-8-11-5-3-6-21-11/h3,5-7H,2,4,8-9H2,1H3,(H,15,19)(H,16,20)(H,17,18). The van der Waals surface area contributed by atoms with Crippen LogP contribution in [0.25, 0.3) is 0 Å². The van der Waals surface area contributed by atoms with E-state index in [9.17, 15) is 9.59 Å². The highest BCUT2D eigenvalue weighted by Crippen LogP contribution is 2.02. The first kappa shape index (κ1) is 14.8. The summed E-state index contributed by atoms with van der Waals surface area (Å²) in [7, 11) is 0. The van der Waals surface area contributed by atoms with Crippen molar-refractivity contribution in [2.24, 2.45) is 0 Å².